The van der Waals surface area contributed by atoms with Crippen LogP contribution in [0.25, 0.3) is 0 Å². The highest BCUT2D eigenvalue weighted by Gasteiger charge is 2.25. The van der Waals surface area contributed by atoms with Crippen LogP contribution in [0.1, 0.15) is 6.92 Å². The van der Waals surface area contributed by atoms with Crippen molar-refractivity contribution in [3.63, 3.8) is 0 Å². The number of carbonyl (C=O) groups excluding carboxylic acids is 1. The van der Waals surface area contributed by atoms with E-state index in [1.165, 1.54) is 13.2 Å². The molecule has 1 aromatic heterocycles. The predicted molar refractivity (Wildman–Crippen MR) is 75.2 cm³/mol. The minimum absolute atomic E-state index is 0.0295. The molecular formula is C12H16N4O4. The molecule has 8 heteroatoms. The molecule has 1 heterocycles. The van der Waals surface area contributed by atoms with Crippen LogP contribution in [0.15, 0.2) is 18.7 Å². The number of hydrogen-bond acceptors (Lipinski definition) is 6. The van der Waals surface area contributed by atoms with Crippen molar-refractivity contribution in [1.82, 2.24) is 4.98 Å². The van der Waals surface area contributed by atoms with Crippen molar-refractivity contribution in [2.45, 2.75) is 6.92 Å². The molecule has 0 atom stereocenters. The van der Waals surface area contributed by atoms with Crippen LogP contribution in [-0.4, -0.2) is 36.5 Å². The number of nitrogens with one attached hydrogen (secondary N) is 1. The summed E-state index contributed by atoms with van der Waals surface area (Å²) in [7, 11) is 3.09. The molecule has 1 rings (SSSR count). The zero-order valence-electron chi connectivity index (χ0n) is 11.5. The van der Waals surface area contributed by atoms with Gasteiger partial charge in [-0.3, -0.25) is 10.1 Å². The second kappa shape index (κ2) is 6.50. The molecule has 1 N–H and O–H groups in total. The Balaban J connectivity index is 3.42. The number of anilines is 2. The number of carbonyl (C=O) groups is 1. The molecule has 0 aliphatic heterocycles. The first kappa shape index (κ1) is 15.4. The van der Waals surface area contributed by atoms with E-state index in [4.69, 9.17) is 4.74 Å². The second-order valence-corrected chi connectivity index (χ2v) is 3.85. The number of nitrogens with zero attached hydrogens (tertiary/aromatic N) is 3. The van der Waals surface area contributed by atoms with Crippen molar-refractivity contribution in [1.29, 1.82) is 0 Å². The Morgan fingerprint density at radius 2 is 2.35 bits per heavy atom. The molecule has 0 unspecified atom stereocenters. The minimum Gasteiger partial charge on any atom is -0.489 e. The number of rotatable bonds is 6. The van der Waals surface area contributed by atoms with Crippen LogP contribution in [-0.2, 0) is 4.79 Å². The van der Waals surface area contributed by atoms with E-state index < -0.39 is 16.6 Å². The van der Waals surface area contributed by atoms with Crippen LogP contribution >= 0.6 is 0 Å². The summed E-state index contributed by atoms with van der Waals surface area (Å²) in [6, 6.07) is 1.47. The van der Waals surface area contributed by atoms with Gasteiger partial charge < -0.3 is 19.8 Å². The van der Waals surface area contributed by atoms with Crippen LogP contribution in [0.3, 0.4) is 0 Å². The molecule has 108 valence electrons. The third-order valence-corrected chi connectivity index (χ3v) is 2.65. The Kier molecular flexibility index (Phi) is 5.01. The molecule has 1 aromatic rings. The fourth-order valence-corrected chi connectivity index (χ4v) is 1.48. The third kappa shape index (κ3) is 3.22. The number of aromatic nitrogens is 1. The maximum absolute atomic E-state index is 11.4. The molecular weight excluding hydrogens is 264 g/mol. The average molecular weight is 280 g/mol. The van der Waals surface area contributed by atoms with Gasteiger partial charge in [-0.15, -0.1) is 0 Å². The molecule has 1 amide bonds. The Bertz CT molecular complexity index is 545. The maximum Gasteiger partial charge on any atom is 0.408 e. The van der Waals surface area contributed by atoms with Gasteiger partial charge in [0.15, 0.2) is 0 Å². The lowest BCUT2D eigenvalue weighted by atomic mass is 10.3. The normalized spacial score (nSPS) is 9.75. The maximum atomic E-state index is 11.4. The van der Waals surface area contributed by atoms with E-state index in [1.54, 1.807) is 11.9 Å². The number of methoxy groups -OCH3 is 1. The van der Waals surface area contributed by atoms with E-state index >= 15 is 0 Å². The van der Waals surface area contributed by atoms with E-state index in [1.807, 2.05) is 6.92 Å². The summed E-state index contributed by atoms with van der Waals surface area (Å²) in [4.78, 5) is 27.3. The Hall–Kier alpha value is -2.64. The van der Waals surface area contributed by atoms with E-state index in [2.05, 4.69) is 16.9 Å². The predicted octanol–water partition coefficient (Wildman–Crippen LogP) is 1.58. The fourth-order valence-electron chi connectivity index (χ4n) is 1.48. The van der Waals surface area contributed by atoms with Crippen LogP contribution in [0, 0.1) is 10.1 Å². The zero-order chi connectivity index (χ0) is 15.3. The van der Waals surface area contributed by atoms with Crippen LogP contribution in [0.5, 0.6) is 5.75 Å². The summed E-state index contributed by atoms with van der Waals surface area (Å²) in [5, 5.41) is 13.4. The molecule has 0 bridgehead atoms. The van der Waals surface area contributed by atoms with E-state index in [0.717, 1.165) is 6.08 Å². The van der Waals surface area contributed by atoms with Gasteiger partial charge in [0.2, 0.25) is 5.75 Å². The molecule has 0 aromatic carbocycles. The Morgan fingerprint density at radius 3 is 2.80 bits per heavy atom. The first-order valence-electron chi connectivity index (χ1n) is 5.82. The Labute approximate surface area is 116 Å². The lowest BCUT2D eigenvalue weighted by Crippen LogP contribution is -2.20. The number of amides is 1. The van der Waals surface area contributed by atoms with E-state index in [9.17, 15) is 14.9 Å². The lowest BCUT2D eigenvalue weighted by Gasteiger charge is -2.18. The van der Waals surface area contributed by atoms with Crippen molar-refractivity contribution in [2.24, 2.45) is 0 Å². The summed E-state index contributed by atoms with van der Waals surface area (Å²) in [6.07, 6.45) is 1.06. The molecule has 0 fully saturated rings. The zero-order valence-corrected chi connectivity index (χ0v) is 11.5. The molecule has 8 nitrogen and oxygen atoms in total. The summed E-state index contributed by atoms with van der Waals surface area (Å²) >= 11 is 0. The number of ether oxygens (including phenoxy) is 1. The van der Waals surface area contributed by atoms with Crippen molar-refractivity contribution in [3.8, 4) is 5.75 Å². The smallest absolute Gasteiger partial charge is 0.408 e. The van der Waals surface area contributed by atoms with Crippen LogP contribution < -0.4 is 15.0 Å². The van der Waals surface area contributed by atoms with Gasteiger partial charge in [-0.25, -0.2) is 0 Å². The van der Waals surface area contributed by atoms with Crippen LogP contribution in [0.2, 0.25) is 0 Å². The third-order valence-electron chi connectivity index (χ3n) is 2.65. The molecule has 0 aliphatic rings. The molecule has 0 saturated carbocycles. The molecule has 0 spiro atoms. The highest BCUT2D eigenvalue weighted by atomic mass is 16.6. The summed E-state index contributed by atoms with van der Waals surface area (Å²) < 4.78 is 4.96. The highest BCUT2D eigenvalue weighted by molar-refractivity contribution is 6.00. The van der Waals surface area contributed by atoms with Crippen LogP contribution in [0.4, 0.5) is 17.3 Å². The largest absolute Gasteiger partial charge is 0.489 e. The number of pyridine rings is 1. The van der Waals surface area contributed by atoms with Gasteiger partial charge in [0.1, 0.15) is 5.69 Å². The lowest BCUT2D eigenvalue weighted by molar-refractivity contribution is -0.390. The first-order valence-corrected chi connectivity index (χ1v) is 5.82. The number of hydrogen-bond donors (Lipinski definition) is 1. The monoisotopic (exact) mass is 280 g/mol. The van der Waals surface area contributed by atoms with Gasteiger partial charge in [0, 0.05) is 19.7 Å². The van der Waals surface area contributed by atoms with Gasteiger partial charge in [0.05, 0.1) is 7.11 Å². The van der Waals surface area contributed by atoms with Crippen molar-refractivity contribution in [3.05, 3.63) is 28.8 Å². The molecule has 0 radical (unpaired) electrons. The SMILES string of the molecule is C=CC(=O)Nc1nc([N+](=O)[O-])c(OC)cc1N(C)CC. The first-order chi connectivity index (χ1) is 9.44. The molecule has 0 aliphatic carbocycles. The standard InChI is InChI=1S/C12H16N4O4/c1-5-10(17)13-11-8(15(3)6-2)7-9(20-4)12(14-11)16(18)19/h5,7H,1,6H2,2-4H3,(H,13,14,17). The van der Waals surface area contributed by atoms with Crippen molar-refractivity contribution < 1.29 is 14.5 Å². The van der Waals surface area contributed by atoms with Gasteiger partial charge in [0.25, 0.3) is 11.7 Å². The Morgan fingerprint density at radius 1 is 1.70 bits per heavy atom. The van der Waals surface area contributed by atoms with Crippen molar-refractivity contribution in [2.75, 3.05) is 30.9 Å². The van der Waals surface area contributed by atoms with E-state index in [-0.39, 0.29) is 11.6 Å². The minimum atomic E-state index is -0.669. The van der Waals surface area contributed by atoms with Gasteiger partial charge in [-0.2, -0.15) is 0 Å². The number of nitro groups is 1. The van der Waals surface area contributed by atoms with Gasteiger partial charge in [-0.05, 0) is 22.9 Å². The highest BCUT2D eigenvalue weighted by Crippen LogP contribution is 2.34. The quantitative estimate of drug-likeness (QED) is 0.482. The van der Waals surface area contributed by atoms with E-state index in [0.29, 0.717) is 12.2 Å². The van der Waals surface area contributed by atoms with Gasteiger partial charge in [-0.1, -0.05) is 6.58 Å². The van der Waals surface area contributed by atoms with Crippen molar-refractivity contribution >= 4 is 23.2 Å². The summed E-state index contributed by atoms with van der Waals surface area (Å²) in [5.74, 6) is -0.837. The average Bonchev–Trinajstić information content (AvgIpc) is 2.45. The summed E-state index contributed by atoms with van der Waals surface area (Å²) in [5.41, 5.74) is 0.519. The summed E-state index contributed by atoms with van der Waals surface area (Å²) in [6.45, 7) is 5.85. The topological polar surface area (TPSA) is 97.6 Å². The molecule has 20 heavy (non-hydrogen) atoms. The fraction of sp³-hybridized carbons (Fsp3) is 0.333. The van der Waals surface area contributed by atoms with Gasteiger partial charge >= 0.3 is 5.82 Å². The molecule has 0 saturated heterocycles. The second-order valence-electron chi connectivity index (χ2n) is 3.85.